The Morgan fingerprint density at radius 1 is 1.42 bits per heavy atom. The number of hydrogen-bond donors (Lipinski definition) is 2. The zero-order valence-electron chi connectivity index (χ0n) is 11.1. The summed E-state index contributed by atoms with van der Waals surface area (Å²) >= 11 is 0. The van der Waals surface area contributed by atoms with Gasteiger partial charge in [-0.15, -0.1) is 12.4 Å². The topological polar surface area (TPSA) is 50.4 Å². The Balaban J connectivity index is 0.00000180. The van der Waals surface area contributed by atoms with Gasteiger partial charge in [0.25, 0.3) is 5.91 Å². The van der Waals surface area contributed by atoms with Crippen LogP contribution in [0.3, 0.4) is 0 Å². The van der Waals surface area contributed by atoms with Gasteiger partial charge < -0.3 is 15.4 Å². The first-order valence-electron chi connectivity index (χ1n) is 6.48. The molecule has 1 amide bonds. The van der Waals surface area contributed by atoms with Crippen LogP contribution < -0.4 is 10.6 Å². The van der Waals surface area contributed by atoms with Gasteiger partial charge in [-0.3, -0.25) is 4.79 Å². The summed E-state index contributed by atoms with van der Waals surface area (Å²) in [6.45, 7) is 4.71. The van der Waals surface area contributed by atoms with Crippen LogP contribution in [0.5, 0.6) is 0 Å². The number of rotatable bonds is 4. The van der Waals surface area contributed by atoms with Crippen LogP contribution in [0.2, 0.25) is 0 Å². The first-order chi connectivity index (χ1) is 8.81. The zero-order valence-corrected chi connectivity index (χ0v) is 12.0. The second-order valence-electron chi connectivity index (χ2n) is 4.40. The van der Waals surface area contributed by atoms with Crippen LogP contribution >= 0.6 is 12.4 Å². The first kappa shape index (κ1) is 16.0. The summed E-state index contributed by atoms with van der Waals surface area (Å²) in [5.41, 5.74) is 2.46. The van der Waals surface area contributed by atoms with Gasteiger partial charge in [-0.05, 0) is 17.5 Å². The molecule has 0 radical (unpaired) electrons. The molecule has 4 nitrogen and oxygen atoms in total. The Kier molecular flexibility index (Phi) is 6.84. The summed E-state index contributed by atoms with van der Waals surface area (Å²) < 4.78 is 5.41. The van der Waals surface area contributed by atoms with Crippen LogP contribution in [0, 0.1) is 0 Å². The maximum Gasteiger partial charge on any atom is 0.250 e. The van der Waals surface area contributed by atoms with Crippen LogP contribution in [0.4, 0.5) is 0 Å². The first-order valence-corrected chi connectivity index (χ1v) is 6.48. The lowest BCUT2D eigenvalue weighted by atomic mass is 10.1. The lowest BCUT2D eigenvalue weighted by Gasteiger charge is -2.22. The summed E-state index contributed by atoms with van der Waals surface area (Å²) in [5, 5.41) is 6.09. The molecule has 106 valence electrons. The monoisotopic (exact) mass is 284 g/mol. The van der Waals surface area contributed by atoms with Gasteiger partial charge in [0.05, 0.1) is 6.61 Å². The van der Waals surface area contributed by atoms with Crippen molar-refractivity contribution >= 4 is 18.3 Å². The predicted octanol–water partition coefficient (Wildman–Crippen LogP) is 1.28. The second-order valence-corrected chi connectivity index (χ2v) is 4.40. The van der Waals surface area contributed by atoms with E-state index in [1.807, 2.05) is 12.1 Å². The van der Waals surface area contributed by atoms with Crippen molar-refractivity contribution in [3.8, 4) is 0 Å². The van der Waals surface area contributed by atoms with Crippen molar-refractivity contribution in [2.24, 2.45) is 0 Å². The van der Waals surface area contributed by atoms with E-state index in [1.54, 1.807) is 0 Å². The van der Waals surface area contributed by atoms with E-state index in [9.17, 15) is 4.79 Å². The van der Waals surface area contributed by atoms with Gasteiger partial charge >= 0.3 is 0 Å². The molecule has 5 heteroatoms. The third-order valence-electron chi connectivity index (χ3n) is 3.17. The molecule has 19 heavy (non-hydrogen) atoms. The van der Waals surface area contributed by atoms with Crippen molar-refractivity contribution in [3.63, 3.8) is 0 Å². The van der Waals surface area contributed by atoms with E-state index in [4.69, 9.17) is 4.74 Å². The minimum Gasteiger partial charge on any atom is -0.366 e. The molecule has 1 atom stereocenters. The highest BCUT2D eigenvalue weighted by molar-refractivity contribution is 5.85. The number of amides is 1. The van der Waals surface area contributed by atoms with E-state index in [0.717, 1.165) is 13.0 Å². The van der Waals surface area contributed by atoms with Crippen LogP contribution in [0.25, 0.3) is 0 Å². The Labute approximate surface area is 120 Å². The predicted molar refractivity (Wildman–Crippen MR) is 77.5 cm³/mol. The summed E-state index contributed by atoms with van der Waals surface area (Å²) in [4.78, 5) is 11.9. The van der Waals surface area contributed by atoms with Crippen LogP contribution in [-0.2, 0) is 22.5 Å². The van der Waals surface area contributed by atoms with Gasteiger partial charge in [0, 0.05) is 19.6 Å². The Morgan fingerprint density at radius 3 is 2.79 bits per heavy atom. The van der Waals surface area contributed by atoms with Crippen molar-refractivity contribution < 1.29 is 9.53 Å². The van der Waals surface area contributed by atoms with Gasteiger partial charge in [-0.2, -0.15) is 0 Å². The van der Waals surface area contributed by atoms with Gasteiger partial charge in [-0.1, -0.05) is 31.2 Å². The van der Waals surface area contributed by atoms with Gasteiger partial charge in [0.15, 0.2) is 0 Å². The molecule has 2 N–H and O–H groups in total. The summed E-state index contributed by atoms with van der Waals surface area (Å²) in [5.74, 6) is -0.0342. The maximum absolute atomic E-state index is 11.9. The fourth-order valence-corrected chi connectivity index (χ4v) is 2.10. The van der Waals surface area contributed by atoms with Crippen molar-refractivity contribution in [1.29, 1.82) is 0 Å². The number of carbonyl (C=O) groups is 1. The van der Waals surface area contributed by atoms with Crippen molar-refractivity contribution in [2.75, 3.05) is 19.7 Å². The van der Waals surface area contributed by atoms with E-state index in [0.29, 0.717) is 19.7 Å². The molecule has 1 aromatic rings. The minimum absolute atomic E-state index is 0. The van der Waals surface area contributed by atoms with Crippen molar-refractivity contribution in [2.45, 2.75) is 26.0 Å². The summed E-state index contributed by atoms with van der Waals surface area (Å²) in [7, 11) is 0. The lowest BCUT2D eigenvalue weighted by Crippen LogP contribution is -2.47. The molecule has 0 aliphatic carbocycles. The molecular weight excluding hydrogens is 264 g/mol. The van der Waals surface area contributed by atoms with Crippen LogP contribution in [0.1, 0.15) is 18.1 Å². The van der Waals surface area contributed by atoms with Crippen LogP contribution in [-0.4, -0.2) is 31.7 Å². The number of hydrogen-bond acceptors (Lipinski definition) is 3. The third-order valence-corrected chi connectivity index (χ3v) is 3.17. The smallest absolute Gasteiger partial charge is 0.250 e. The standard InChI is InChI=1S/C14H20N2O2.ClH/c1-2-11-5-3-4-6-12(11)9-16-14(17)13-10-15-7-8-18-13;/h3-6,13,15H,2,7-10H2,1H3,(H,16,17);1H. The normalized spacial score (nSPS) is 18.5. The minimum atomic E-state index is -0.354. The highest BCUT2D eigenvalue weighted by Crippen LogP contribution is 2.09. The molecule has 0 aromatic heterocycles. The number of halogens is 1. The largest absolute Gasteiger partial charge is 0.366 e. The summed E-state index contributed by atoms with van der Waals surface area (Å²) in [6, 6.07) is 8.18. The molecule has 1 fully saturated rings. The zero-order chi connectivity index (χ0) is 12.8. The van der Waals surface area contributed by atoms with E-state index >= 15 is 0 Å². The molecule has 2 rings (SSSR count). The average Bonchev–Trinajstić information content (AvgIpc) is 2.46. The van der Waals surface area contributed by atoms with E-state index < -0.39 is 0 Å². The Morgan fingerprint density at radius 2 is 2.16 bits per heavy atom. The van der Waals surface area contributed by atoms with E-state index in [2.05, 4.69) is 29.7 Å². The fraction of sp³-hybridized carbons (Fsp3) is 0.500. The Hall–Kier alpha value is -1.10. The molecule has 1 saturated heterocycles. The van der Waals surface area contributed by atoms with Crippen molar-refractivity contribution in [3.05, 3.63) is 35.4 Å². The van der Waals surface area contributed by atoms with Gasteiger partial charge in [0.2, 0.25) is 0 Å². The second kappa shape index (κ2) is 8.15. The molecule has 0 spiro atoms. The molecule has 0 bridgehead atoms. The highest BCUT2D eigenvalue weighted by Gasteiger charge is 2.21. The average molecular weight is 285 g/mol. The fourth-order valence-electron chi connectivity index (χ4n) is 2.10. The number of benzene rings is 1. The molecular formula is C14H21ClN2O2. The van der Waals surface area contributed by atoms with E-state index in [-0.39, 0.29) is 24.4 Å². The molecule has 1 unspecified atom stereocenters. The third kappa shape index (κ3) is 4.49. The Bertz CT molecular complexity index is 406. The molecule has 1 heterocycles. The molecule has 1 aliphatic heterocycles. The number of ether oxygens (including phenoxy) is 1. The maximum atomic E-state index is 11.9. The number of nitrogens with one attached hydrogen (secondary N) is 2. The van der Waals surface area contributed by atoms with Gasteiger partial charge in [0.1, 0.15) is 6.10 Å². The number of aryl methyl sites for hydroxylation is 1. The van der Waals surface area contributed by atoms with Crippen molar-refractivity contribution in [1.82, 2.24) is 10.6 Å². The molecule has 1 aromatic carbocycles. The number of morpholine rings is 1. The van der Waals surface area contributed by atoms with E-state index in [1.165, 1.54) is 11.1 Å². The quantitative estimate of drug-likeness (QED) is 0.876. The lowest BCUT2D eigenvalue weighted by molar-refractivity contribution is -0.134. The molecule has 1 aliphatic rings. The van der Waals surface area contributed by atoms with Gasteiger partial charge in [-0.25, -0.2) is 0 Å². The molecule has 0 saturated carbocycles. The highest BCUT2D eigenvalue weighted by atomic mass is 35.5. The SMILES string of the molecule is CCc1ccccc1CNC(=O)C1CNCCO1.Cl. The summed E-state index contributed by atoms with van der Waals surface area (Å²) in [6.07, 6.45) is 0.626. The number of carbonyl (C=O) groups excluding carboxylic acids is 1. The van der Waals surface area contributed by atoms with Crippen LogP contribution in [0.15, 0.2) is 24.3 Å².